The van der Waals surface area contributed by atoms with Crippen molar-refractivity contribution in [3.8, 4) is 0 Å². The van der Waals surface area contributed by atoms with Gasteiger partial charge < -0.3 is 20.1 Å². The highest BCUT2D eigenvalue weighted by Gasteiger charge is 2.25. The number of carbonyl (C=O) groups excluding carboxylic acids is 1. The minimum absolute atomic E-state index is 0.0966. The second-order valence-electron chi connectivity index (χ2n) is 13.1. The van der Waals surface area contributed by atoms with E-state index in [0.717, 1.165) is 64.2 Å². The van der Waals surface area contributed by atoms with Crippen LogP contribution in [0.1, 0.15) is 181 Å². The predicted molar refractivity (Wildman–Crippen MR) is 201 cm³/mol. The van der Waals surface area contributed by atoms with Crippen LogP contribution in [0.15, 0.2) is 24.3 Å². The molecule has 0 aliphatic rings. The van der Waals surface area contributed by atoms with Gasteiger partial charge in [-0.25, -0.2) is 4.57 Å². The molecule has 48 heavy (non-hydrogen) atoms. The number of esters is 1. The van der Waals surface area contributed by atoms with Crippen molar-refractivity contribution in [3.63, 3.8) is 0 Å². The van der Waals surface area contributed by atoms with Crippen LogP contribution >= 0.6 is 7.82 Å². The molecule has 0 aliphatic heterocycles. The first-order valence-electron chi connectivity index (χ1n) is 19.8. The lowest BCUT2D eigenvalue weighted by Gasteiger charge is -2.20. The zero-order valence-corrected chi connectivity index (χ0v) is 32.1. The van der Waals surface area contributed by atoms with Crippen molar-refractivity contribution in [2.24, 2.45) is 5.73 Å². The van der Waals surface area contributed by atoms with Gasteiger partial charge in [-0.05, 0) is 38.5 Å². The number of phosphoric ester groups is 1. The van der Waals surface area contributed by atoms with Gasteiger partial charge in [0.25, 0.3) is 0 Å². The van der Waals surface area contributed by atoms with Gasteiger partial charge in [0.2, 0.25) is 0 Å². The first kappa shape index (κ1) is 47.0. The van der Waals surface area contributed by atoms with Gasteiger partial charge in [0.15, 0.2) is 0 Å². The van der Waals surface area contributed by atoms with E-state index in [1.807, 2.05) is 0 Å². The molecule has 0 saturated heterocycles. The molecule has 2 unspecified atom stereocenters. The summed E-state index contributed by atoms with van der Waals surface area (Å²) >= 11 is 0. The average molecular weight is 702 g/mol. The molecule has 2 atom stereocenters. The molecule has 0 radical (unpaired) electrons. The van der Waals surface area contributed by atoms with E-state index in [2.05, 4.69) is 38.2 Å². The molecule has 0 aromatic heterocycles. The summed E-state index contributed by atoms with van der Waals surface area (Å²) < 4.78 is 33.3. The minimum atomic E-state index is -4.27. The highest BCUT2D eigenvalue weighted by atomic mass is 31.2. The van der Waals surface area contributed by atoms with E-state index in [9.17, 15) is 14.3 Å². The first-order valence-corrected chi connectivity index (χ1v) is 21.3. The summed E-state index contributed by atoms with van der Waals surface area (Å²) in [6.45, 7) is 4.86. The highest BCUT2D eigenvalue weighted by molar-refractivity contribution is 7.47. The third-order valence-corrected chi connectivity index (χ3v) is 9.34. The Morgan fingerprint density at radius 2 is 1.15 bits per heavy atom. The Balaban J connectivity index is 4.05. The number of hydrogen-bond donors (Lipinski definition) is 2. The van der Waals surface area contributed by atoms with Gasteiger partial charge in [-0.2, -0.15) is 0 Å². The molecule has 0 heterocycles. The summed E-state index contributed by atoms with van der Waals surface area (Å²) in [4.78, 5) is 22.4. The van der Waals surface area contributed by atoms with E-state index in [1.165, 1.54) is 96.3 Å². The summed E-state index contributed by atoms with van der Waals surface area (Å²) in [6, 6.07) is 0. The molecule has 0 aliphatic carbocycles. The number of hydrogen-bond acceptors (Lipinski definition) is 7. The van der Waals surface area contributed by atoms with Gasteiger partial charge in [0.05, 0.1) is 19.8 Å². The van der Waals surface area contributed by atoms with Crippen LogP contribution < -0.4 is 5.73 Å². The number of unbranched alkanes of at least 4 members (excludes halogenated alkanes) is 21. The number of phosphoric acid groups is 1. The molecule has 3 N–H and O–H groups in total. The normalized spacial score (nSPS) is 13.8. The highest BCUT2D eigenvalue weighted by Crippen LogP contribution is 2.43. The van der Waals surface area contributed by atoms with Gasteiger partial charge in [-0.1, -0.05) is 160 Å². The summed E-state index contributed by atoms with van der Waals surface area (Å²) in [7, 11) is -4.27. The number of rotatable bonds is 38. The molecule has 0 fully saturated rings. The maximum Gasteiger partial charge on any atom is 0.472 e. The van der Waals surface area contributed by atoms with Crippen molar-refractivity contribution >= 4 is 13.8 Å². The number of ether oxygens (including phenoxy) is 2. The Bertz CT molecular complexity index is 792. The number of allylic oxidation sites excluding steroid dienone is 4. The Morgan fingerprint density at radius 1 is 0.625 bits per heavy atom. The lowest BCUT2D eigenvalue weighted by molar-refractivity contribution is -0.154. The van der Waals surface area contributed by atoms with E-state index in [-0.39, 0.29) is 32.3 Å². The molecule has 8 nitrogen and oxygen atoms in total. The third-order valence-electron chi connectivity index (χ3n) is 8.35. The molecule has 0 spiro atoms. The van der Waals surface area contributed by atoms with Gasteiger partial charge >= 0.3 is 13.8 Å². The van der Waals surface area contributed by atoms with Crippen molar-refractivity contribution in [2.75, 3.05) is 33.0 Å². The van der Waals surface area contributed by atoms with E-state index in [0.29, 0.717) is 13.0 Å². The van der Waals surface area contributed by atoms with Crippen LogP contribution in [-0.4, -0.2) is 49.9 Å². The van der Waals surface area contributed by atoms with Crippen molar-refractivity contribution in [2.45, 2.75) is 187 Å². The predicted octanol–water partition coefficient (Wildman–Crippen LogP) is 11.3. The van der Waals surface area contributed by atoms with Gasteiger partial charge in [0, 0.05) is 19.6 Å². The monoisotopic (exact) mass is 702 g/mol. The first-order chi connectivity index (χ1) is 23.4. The molecule has 9 heteroatoms. The smallest absolute Gasteiger partial charge is 0.457 e. The molecule has 0 aromatic rings. The summed E-state index contributed by atoms with van der Waals surface area (Å²) in [5.41, 5.74) is 5.35. The molecule has 0 amide bonds. The van der Waals surface area contributed by atoms with Crippen LogP contribution in [0, 0.1) is 0 Å². The minimum Gasteiger partial charge on any atom is -0.457 e. The topological polar surface area (TPSA) is 117 Å². The molecular weight excluding hydrogens is 625 g/mol. The number of carbonyl (C=O) groups is 1. The maximum absolute atomic E-state index is 12.5. The quantitative estimate of drug-likeness (QED) is 0.0283. The van der Waals surface area contributed by atoms with Crippen LogP contribution in [0.5, 0.6) is 0 Å². The van der Waals surface area contributed by atoms with Crippen LogP contribution in [-0.2, 0) is 27.9 Å². The zero-order valence-electron chi connectivity index (χ0n) is 31.2. The van der Waals surface area contributed by atoms with Gasteiger partial charge in [0.1, 0.15) is 6.10 Å². The Kier molecular flexibility index (Phi) is 36.4. The van der Waals surface area contributed by atoms with Gasteiger partial charge in [-0.3, -0.25) is 13.8 Å². The maximum atomic E-state index is 12.5. The SMILES string of the molecule is CCC/C=C\C/C=C\CCCCCCCC(=O)OC(COCCCCCCCCCCCCCCCCCC)COP(=O)(O)OCCN. The molecule has 0 saturated carbocycles. The van der Waals surface area contributed by atoms with Crippen LogP contribution in [0.4, 0.5) is 0 Å². The van der Waals surface area contributed by atoms with E-state index in [1.54, 1.807) is 0 Å². The third kappa shape index (κ3) is 36.3. The molecule has 284 valence electrons. The van der Waals surface area contributed by atoms with Crippen molar-refractivity contribution in [1.82, 2.24) is 0 Å². The zero-order chi connectivity index (χ0) is 35.2. The second-order valence-corrected chi connectivity index (χ2v) is 14.6. The Labute approximate surface area is 296 Å². The Morgan fingerprint density at radius 3 is 1.71 bits per heavy atom. The fourth-order valence-electron chi connectivity index (χ4n) is 5.45. The second kappa shape index (κ2) is 37.2. The van der Waals surface area contributed by atoms with Crippen molar-refractivity contribution in [3.05, 3.63) is 24.3 Å². The molecule has 0 rings (SSSR count). The Hall–Kier alpha value is -1.02. The van der Waals surface area contributed by atoms with Crippen LogP contribution in [0.3, 0.4) is 0 Å². The van der Waals surface area contributed by atoms with E-state index in [4.69, 9.17) is 24.3 Å². The molecular formula is C39H76NO7P. The lowest BCUT2D eigenvalue weighted by Crippen LogP contribution is -2.28. The van der Waals surface area contributed by atoms with Crippen LogP contribution in [0.25, 0.3) is 0 Å². The standard InChI is InChI=1S/C39H76NO7P/c1-3-5-7-9-11-13-15-17-18-19-21-23-25-27-29-31-34-44-36-38(37-46-48(42,43)45-35-33-40)47-39(41)32-30-28-26-24-22-20-16-14-12-10-8-6-4-2/h8,10,14,16,38H,3-7,9,11-13,15,17-37,40H2,1-2H3,(H,42,43)/b10-8-,16-14-. The lowest BCUT2D eigenvalue weighted by atomic mass is 10.0. The fourth-order valence-corrected chi connectivity index (χ4v) is 6.21. The van der Waals surface area contributed by atoms with Crippen LogP contribution in [0.2, 0.25) is 0 Å². The summed E-state index contributed by atoms with van der Waals surface area (Å²) in [5.74, 6) is -0.343. The van der Waals surface area contributed by atoms with E-state index < -0.39 is 13.9 Å². The largest absolute Gasteiger partial charge is 0.472 e. The number of nitrogens with two attached hydrogens (primary N) is 1. The van der Waals surface area contributed by atoms with Gasteiger partial charge in [-0.15, -0.1) is 0 Å². The van der Waals surface area contributed by atoms with E-state index >= 15 is 0 Å². The summed E-state index contributed by atoms with van der Waals surface area (Å²) in [5, 5.41) is 0. The molecule has 0 aromatic carbocycles. The fraction of sp³-hybridized carbons (Fsp3) is 0.872. The average Bonchev–Trinajstić information content (AvgIpc) is 3.07. The van der Waals surface area contributed by atoms with Crippen molar-refractivity contribution < 1.29 is 32.8 Å². The van der Waals surface area contributed by atoms with Crippen molar-refractivity contribution in [1.29, 1.82) is 0 Å². The summed E-state index contributed by atoms with van der Waals surface area (Å²) in [6.07, 6.45) is 39.0. The molecule has 0 bridgehead atoms.